The first-order valence-corrected chi connectivity index (χ1v) is 6.48. The molecule has 1 heterocycles. The maximum absolute atomic E-state index is 5.32. The largest absolute Gasteiger partial charge is 0.382 e. The normalized spacial score (nSPS) is 13.0. The predicted octanol–water partition coefficient (Wildman–Crippen LogP) is 2.22. The molecule has 0 fully saturated rings. The number of hydrogen-bond acceptors (Lipinski definition) is 3. The molecule has 0 saturated carbocycles. The van der Waals surface area contributed by atoms with Crippen molar-refractivity contribution in [1.82, 2.24) is 14.9 Å². The van der Waals surface area contributed by atoms with Crippen molar-refractivity contribution in [2.45, 2.75) is 19.4 Å². The molecule has 0 aliphatic heterocycles. The van der Waals surface area contributed by atoms with Crippen molar-refractivity contribution in [3.8, 4) is 0 Å². The Bertz CT molecular complexity index is 481. The minimum atomic E-state index is 0.286. The smallest absolute Gasteiger partial charge is 0.0962 e. The summed E-state index contributed by atoms with van der Waals surface area (Å²) in [5.41, 5.74) is 2.20. The number of hydrogen-bond donors (Lipinski definition) is 1. The topological polar surface area (TPSA) is 39.1 Å². The van der Waals surface area contributed by atoms with Gasteiger partial charge in [-0.15, -0.1) is 0 Å². The molecule has 0 radical (unpaired) electrons. The summed E-state index contributed by atoms with van der Waals surface area (Å²) in [6, 6.07) is 8.48. The van der Waals surface area contributed by atoms with E-state index in [1.807, 2.05) is 24.5 Å². The highest BCUT2D eigenvalue weighted by molar-refractivity contribution is 5.75. The van der Waals surface area contributed by atoms with Crippen molar-refractivity contribution in [3.05, 3.63) is 30.6 Å². The molecule has 1 aromatic carbocycles. The molecule has 2 rings (SSSR count). The van der Waals surface area contributed by atoms with Gasteiger partial charge in [-0.2, -0.15) is 0 Å². The van der Waals surface area contributed by atoms with E-state index in [0.717, 1.165) is 30.5 Å². The van der Waals surface area contributed by atoms with Gasteiger partial charge in [0.25, 0.3) is 0 Å². The molecule has 18 heavy (non-hydrogen) atoms. The summed E-state index contributed by atoms with van der Waals surface area (Å²) in [6.45, 7) is 4.80. The first-order chi connectivity index (χ1) is 8.86. The minimum Gasteiger partial charge on any atom is -0.382 e. The lowest BCUT2D eigenvalue weighted by Crippen LogP contribution is -2.28. The monoisotopic (exact) mass is 247 g/mol. The molecule has 0 bridgehead atoms. The van der Waals surface area contributed by atoms with E-state index in [2.05, 4.69) is 27.9 Å². The van der Waals surface area contributed by atoms with E-state index >= 15 is 0 Å². The van der Waals surface area contributed by atoms with Crippen molar-refractivity contribution in [2.24, 2.45) is 0 Å². The Labute approximate surface area is 108 Å². The van der Waals surface area contributed by atoms with Crippen LogP contribution in [-0.2, 0) is 4.74 Å². The Balaban J connectivity index is 2.18. The van der Waals surface area contributed by atoms with Gasteiger partial charge in [-0.25, -0.2) is 4.98 Å². The number of ether oxygens (including phenoxy) is 1. The molecule has 0 amide bonds. The molecule has 98 valence electrons. The zero-order valence-corrected chi connectivity index (χ0v) is 11.1. The average Bonchev–Trinajstić information content (AvgIpc) is 2.82. The van der Waals surface area contributed by atoms with E-state index in [4.69, 9.17) is 4.74 Å². The van der Waals surface area contributed by atoms with Crippen LogP contribution in [0.1, 0.15) is 19.4 Å². The standard InChI is InChI=1S/C14H21N3O/c1-3-8-15-9-12(10-18-2)17-11-16-13-6-4-5-7-14(13)17/h4-7,11-12,15H,3,8-10H2,1-2H3. The highest BCUT2D eigenvalue weighted by Crippen LogP contribution is 2.17. The Hall–Kier alpha value is -1.39. The van der Waals surface area contributed by atoms with Crippen LogP contribution >= 0.6 is 0 Å². The van der Waals surface area contributed by atoms with Crippen LogP contribution in [0.5, 0.6) is 0 Å². The lowest BCUT2D eigenvalue weighted by Gasteiger charge is -2.19. The number of fused-ring (bicyclic) bond motifs is 1. The number of aromatic nitrogens is 2. The zero-order chi connectivity index (χ0) is 12.8. The molecule has 1 N–H and O–H groups in total. The molecule has 2 aromatic rings. The second-order valence-electron chi connectivity index (χ2n) is 4.45. The predicted molar refractivity (Wildman–Crippen MR) is 73.8 cm³/mol. The van der Waals surface area contributed by atoms with Gasteiger partial charge in [0, 0.05) is 13.7 Å². The number of benzene rings is 1. The summed E-state index contributed by atoms with van der Waals surface area (Å²) in [7, 11) is 1.74. The van der Waals surface area contributed by atoms with Crippen molar-refractivity contribution >= 4 is 11.0 Å². The fraction of sp³-hybridized carbons (Fsp3) is 0.500. The van der Waals surface area contributed by atoms with Gasteiger partial charge in [0.1, 0.15) is 0 Å². The van der Waals surface area contributed by atoms with E-state index in [1.165, 1.54) is 0 Å². The van der Waals surface area contributed by atoms with Gasteiger partial charge >= 0.3 is 0 Å². The second kappa shape index (κ2) is 6.52. The van der Waals surface area contributed by atoms with Crippen molar-refractivity contribution < 1.29 is 4.74 Å². The zero-order valence-electron chi connectivity index (χ0n) is 11.1. The van der Waals surface area contributed by atoms with Crippen LogP contribution in [-0.4, -0.2) is 36.4 Å². The number of nitrogens with one attached hydrogen (secondary N) is 1. The van der Waals surface area contributed by atoms with Crippen LogP contribution in [0.3, 0.4) is 0 Å². The van der Waals surface area contributed by atoms with E-state index in [9.17, 15) is 0 Å². The highest BCUT2D eigenvalue weighted by Gasteiger charge is 2.13. The van der Waals surface area contributed by atoms with Crippen LogP contribution in [0.4, 0.5) is 0 Å². The Kier molecular flexibility index (Phi) is 4.73. The summed E-state index contributed by atoms with van der Waals surface area (Å²) in [6.07, 6.45) is 3.05. The average molecular weight is 247 g/mol. The molecule has 0 aliphatic carbocycles. The number of imidazole rings is 1. The molecule has 1 unspecified atom stereocenters. The molecule has 4 heteroatoms. The van der Waals surface area contributed by atoms with Gasteiger partial charge in [-0.3, -0.25) is 0 Å². The fourth-order valence-electron chi connectivity index (χ4n) is 2.14. The maximum atomic E-state index is 5.32. The third-order valence-electron chi connectivity index (χ3n) is 3.04. The van der Waals surface area contributed by atoms with E-state index in [1.54, 1.807) is 7.11 Å². The summed E-state index contributed by atoms with van der Waals surface area (Å²) < 4.78 is 7.51. The Morgan fingerprint density at radius 3 is 3.00 bits per heavy atom. The second-order valence-corrected chi connectivity index (χ2v) is 4.45. The van der Waals surface area contributed by atoms with E-state index < -0.39 is 0 Å². The fourth-order valence-corrected chi connectivity index (χ4v) is 2.14. The quantitative estimate of drug-likeness (QED) is 0.763. The third-order valence-corrected chi connectivity index (χ3v) is 3.04. The summed E-state index contributed by atoms with van der Waals surface area (Å²) in [4.78, 5) is 4.43. The van der Waals surface area contributed by atoms with Gasteiger partial charge < -0.3 is 14.6 Å². The van der Waals surface area contributed by atoms with E-state index in [-0.39, 0.29) is 6.04 Å². The lowest BCUT2D eigenvalue weighted by atomic mass is 10.2. The molecule has 0 spiro atoms. The van der Waals surface area contributed by atoms with Crippen molar-refractivity contribution in [2.75, 3.05) is 26.8 Å². The van der Waals surface area contributed by atoms with Gasteiger partial charge in [0.15, 0.2) is 0 Å². The number of para-hydroxylation sites is 2. The van der Waals surface area contributed by atoms with Gasteiger partial charge in [0.05, 0.1) is 30.0 Å². The summed E-state index contributed by atoms with van der Waals surface area (Å²) in [5.74, 6) is 0. The van der Waals surface area contributed by atoms with Crippen LogP contribution in [0, 0.1) is 0 Å². The van der Waals surface area contributed by atoms with Gasteiger partial charge in [0.2, 0.25) is 0 Å². The third kappa shape index (κ3) is 2.89. The summed E-state index contributed by atoms with van der Waals surface area (Å²) in [5, 5.41) is 3.44. The maximum Gasteiger partial charge on any atom is 0.0962 e. The Morgan fingerprint density at radius 1 is 1.39 bits per heavy atom. The molecular weight excluding hydrogens is 226 g/mol. The van der Waals surface area contributed by atoms with Crippen LogP contribution in [0.25, 0.3) is 11.0 Å². The van der Waals surface area contributed by atoms with Crippen LogP contribution in [0.2, 0.25) is 0 Å². The van der Waals surface area contributed by atoms with Crippen LogP contribution < -0.4 is 5.32 Å². The first-order valence-electron chi connectivity index (χ1n) is 6.48. The summed E-state index contributed by atoms with van der Waals surface area (Å²) >= 11 is 0. The van der Waals surface area contributed by atoms with Crippen molar-refractivity contribution in [3.63, 3.8) is 0 Å². The molecule has 4 nitrogen and oxygen atoms in total. The Morgan fingerprint density at radius 2 is 2.22 bits per heavy atom. The molecular formula is C14H21N3O. The number of nitrogens with zero attached hydrogens (tertiary/aromatic N) is 2. The van der Waals surface area contributed by atoms with Gasteiger partial charge in [-0.1, -0.05) is 19.1 Å². The van der Waals surface area contributed by atoms with Crippen molar-refractivity contribution in [1.29, 1.82) is 0 Å². The highest BCUT2D eigenvalue weighted by atomic mass is 16.5. The molecule has 1 aromatic heterocycles. The lowest BCUT2D eigenvalue weighted by molar-refractivity contribution is 0.155. The number of rotatable bonds is 7. The number of methoxy groups -OCH3 is 1. The minimum absolute atomic E-state index is 0.286. The molecule has 1 atom stereocenters. The first kappa shape index (κ1) is 13.1. The molecule has 0 saturated heterocycles. The van der Waals surface area contributed by atoms with Crippen LogP contribution in [0.15, 0.2) is 30.6 Å². The molecule has 0 aliphatic rings. The van der Waals surface area contributed by atoms with Gasteiger partial charge in [-0.05, 0) is 25.1 Å². The SMILES string of the molecule is CCCNCC(COC)n1cnc2ccccc21. The van der Waals surface area contributed by atoms with E-state index in [0.29, 0.717) is 6.61 Å².